The van der Waals surface area contributed by atoms with Crippen LogP contribution in [0.5, 0.6) is 17.2 Å². The summed E-state index contributed by atoms with van der Waals surface area (Å²) in [4.78, 5) is 122. The fourth-order valence-electron chi connectivity index (χ4n) is 11.5. The van der Waals surface area contributed by atoms with Crippen LogP contribution in [-0.2, 0) is 78.6 Å². The monoisotopic (exact) mass is 1230 g/mol. The maximum absolute atomic E-state index is 14.5. The average molecular weight is 1230 g/mol. The van der Waals surface area contributed by atoms with Crippen molar-refractivity contribution in [3.63, 3.8) is 0 Å². The van der Waals surface area contributed by atoms with Gasteiger partial charge in [-0.25, -0.2) is 9.52 Å². The van der Waals surface area contributed by atoms with Crippen molar-refractivity contribution in [3.8, 4) is 17.2 Å². The molecule has 30 nitrogen and oxygen atoms in total. The van der Waals surface area contributed by atoms with Crippen molar-refractivity contribution in [1.82, 2.24) is 40.1 Å². The summed E-state index contributed by atoms with van der Waals surface area (Å²) < 4.78 is 73.8. The highest BCUT2D eigenvalue weighted by molar-refractivity contribution is 7.87. The quantitative estimate of drug-likeness (QED) is 0.0347. The lowest BCUT2D eigenvalue weighted by Gasteiger charge is -2.44. The number of nitrogens with one attached hydrogen (secondary N) is 5. The molecule has 8 rings (SSSR count). The molecule has 4 aliphatic heterocycles. The highest BCUT2D eigenvalue weighted by Gasteiger charge is 2.56. The lowest BCUT2D eigenvalue weighted by molar-refractivity contribution is -0.256. The number of ether oxygens (including phenoxy) is 8. The van der Waals surface area contributed by atoms with E-state index in [4.69, 9.17) is 37.9 Å². The largest absolute Gasteiger partial charge is 0.507 e. The minimum absolute atomic E-state index is 0.00971. The van der Waals surface area contributed by atoms with Gasteiger partial charge in [0.15, 0.2) is 31.2 Å². The van der Waals surface area contributed by atoms with Gasteiger partial charge in [-0.1, -0.05) is 24.8 Å². The van der Waals surface area contributed by atoms with Gasteiger partial charge in [0.25, 0.3) is 11.8 Å². The zero-order valence-electron chi connectivity index (χ0n) is 48.4. The number of phenols is 2. The van der Waals surface area contributed by atoms with E-state index in [1.54, 1.807) is 11.6 Å². The fraction of sp³-hybridized carbons (Fsp3) is 0.582. The smallest absolute Gasteiger partial charge is 0.422 e. The molecule has 4 fully saturated rings. The van der Waals surface area contributed by atoms with Crippen LogP contribution >= 0.6 is 0 Å². The maximum atomic E-state index is 14.5. The van der Waals surface area contributed by atoms with Crippen LogP contribution in [0.3, 0.4) is 0 Å². The van der Waals surface area contributed by atoms with E-state index in [1.807, 2.05) is 0 Å². The zero-order chi connectivity index (χ0) is 62.7. The molecule has 8 N–H and O–H groups in total. The number of hydrogen-bond donors (Lipinski definition) is 8. The molecule has 2 aromatic rings. The number of fused-ring (bicyclic) bond motifs is 6. The Labute approximate surface area is 494 Å². The van der Waals surface area contributed by atoms with Crippen molar-refractivity contribution in [1.29, 1.82) is 0 Å². The van der Waals surface area contributed by atoms with Crippen molar-refractivity contribution in [3.05, 3.63) is 64.2 Å². The van der Waals surface area contributed by atoms with Gasteiger partial charge in [0.1, 0.15) is 53.7 Å². The van der Waals surface area contributed by atoms with Gasteiger partial charge >= 0.3 is 22.3 Å². The molecule has 6 aliphatic rings. The molecule has 0 bridgehead atoms. The van der Waals surface area contributed by atoms with Gasteiger partial charge in [-0.15, -0.1) is 0 Å². The van der Waals surface area contributed by atoms with E-state index in [2.05, 4.69) is 32.7 Å². The molecule has 0 radical (unpaired) electrons. The van der Waals surface area contributed by atoms with Crippen molar-refractivity contribution >= 4 is 63.4 Å². The van der Waals surface area contributed by atoms with Gasteiger partial charge in [0, 0.05) is 88.9 Å². The predicted molar refractivity (Wildman–Crippen MR) is 294 cm³/mol. The molecule has 0 unspecified atom stereocenters. The molecule has 4 saturated heterocycles. The number of piperidine rings is 1. The molecule has 470 valence electrons. The van der Waals surface area contributed by atoms with Crippen LogP contribution < -0.4 is 30.7 Å². The van der Waals surface area contributed by atoms with Crippen molar-refractivity contribution in [2.75, 3.05) is 73.8 Å². The second-order valence-electron chi connectivity index (χ2n) is 21.7. The molecule has 86 heavy (non-hydrogen) atoms. The second kappa shape index (κ2) is 26.7. The normalized spacial score (nSPS) is 25.7. The average Bonchev–Trinajstić information content (AvgIpc) is 0.838. The Kier molecular flexibility index (Phi) is 20.1. The van der Waals surface area contributed by atoms with Gasteiger partial charge in [0.2, 0.25) is 23.5 Å². The van der Waals surface area contributed by atoms with Crippen LogP contribution in [-0.4, -0.2) is 226 Å². The SMILES string of the molecule is C=CCOC(=O)C1CCN(S(=O)(=O)NC(=O)OCC(=O)N[C@@H](C)C(=O)N[C@@H](C)C(=O)N[C@@H](C)C(=O)NCCN(C)C(=O)[C@]2(O)Cc3c(O)c4c(c(O)c3[C@@H](O[C@H]3C[C@H]5[C@H](O[C@@H]6[C@@H](OC)OCCN65)[C@H](C)O3)C2)C(=O)c2c(OC)cccc2C4=O)CC1. The first kappa shape index (κ1) is 64.6. The lowest BCUT2D eigenvalue weighted by Crippen LogP contribution is -2.56. The van der Waals surface area contributed by atoms with Crippen molar-refractivity contribution in [2.24, 2.45) is 5.92 Å². The van der Waals surface area contributed by atoms with E-state index in [1.165, 1.54) is 66.3 Å². The minimum Gasteiger partial charge on any atom is -0.507 e. The van der Waals surface area contributed by atoms with Crippen LogP contribution in [0, 0.1) is 5.92 Å². The third kappa shape index (κ3) is 13.4. The highest BCUT2D eigenvalue weighted by atomic mass is 32.2. The van der Waals surface area contributed by atoms with Crippen LogP contribution in [0.2, 0.25) is 0 Å². The molecule has 6 amide bonds. The van der Waals surface area contributed by atoms with Gasteiger partial charge in [-0.05, 0) is 46.6 Å². The Morgan fingerprint density at radius 2 is 1.56 bits per heavy atom. The number of hydrogen-bond acceptors (Lipinski definition) is 23. The third-order valence-corrected chi connectivity index (χ3v) is 17.4. The van der Waals surface area contributed by atoms with Gasteiger partial charge < -0.3 is 79.4 Å². The Balaban J connectivity index is 0.848. The summed E-state index contributed by atoms with van der Waals surface area (Å²) in [6, 6.07) is 0.252. The second-order valence-corrected chi connectivity index (χ2v) is 23.4. The van der Waals surface area contributed by atoms with Gasteiger partial charge in [0.05, 0.1) is 48.5 Å². The molecule has 2 aliphatic carbocycles. The standard InChI is InChI=1S/C55H72N8O22S/c1-9-20-80-51(72)30-13-16-62(17-14-30)86(76,77)60-54(74)82-25-36(64)57-27(3)48(70)59-28(4)49(71)58-26(2)47(69)56-15-18-61(6)53(73)55(75)23-32-39(45(68)41-40(43(32)66)42(65)31-11-10-12-34(78-7)38(31)44(41)67)35(24-55)84-37-22-33-46(29(5)83-37)85-50-52(79-8)81-21-19-63(33)50/h9-12,26-30,33,35,37,46,50,52,66,68,75H,1,13-25H2,2-8H3,(H,56,69)(H,57,64)(H,58,71)(H,59,70)(H,60,74)/t26-,27-,28-,29-,33-,35-,37-,46+,50+,52-,55-/m0/s1. The van der Waals surface area contributed by atoms with E-state index < -0.39 is 172 Å². The number of aliphatic hydroxyl groups is 1. The summed E-state index contributed by atoms with van der Waals surface area (Å²) in [7, 11) is -0.256. The fourth-order valence-corrected chi connectivity index (χ4v) is 12.6. The molecule has 4 heterocycles. The van der Waals surface area contributed by atoms with Crippen LogP contribution in [0.25, 0.3) is 0 Å². The summed E-state index contributed by atoms with van der Waals surface area (Å²) in [5.74, 6) is -8.43. The minimum atomic E-state index is -4.40. The predicted octanol–water partition coefficient (Wildman–Crippen LogP) is -1.35. The summed E-state index contributed by atoms with van der Waals surface area (Å²) in [5.41, 5.74) is -4.12. The van der Waals surface area contributed by atoms with E-state index in [9.17, 15) is 66.9 Å². The number of esters is 1. The topological polar surface area (TPSA) is 392 Å². The third-order valence-electron chi connectivity index (χ3n) is 16.0. The number of ketones is 2. The van der Waals surface area contributed by atoms with Gasteiger partial charge in [-0.3, -0.25) is 43.3 Å². The van der Waals surface area contributed by atoms with E-state index >= 15 is 0 Å². The van der Waals surface area contributed by atoms with E-state index in [0.717, 1.165) is 9.21 Å². The Bertz CT molecular complexity index is 3140. The molecule has 0 saturated carbocycles. The molecule has 11 atom stereocenters. The number of carbonyl (C=O) groups is 9. The van der Waals surface area contributed by atoms with Crippen molar-refractivity contribution in [2.45, 2.75) is 127 Å². The Morgan fingerprint density at radius 3 is 2.22 bits per heavy atom. The summed E-state index contributed by atoms with van der Waals surface area (Å²) in [6.07, 6.45) is -5.63. The number of aromatic hydroxyl groups is 2. The first-order valence-corrected chi connectivity index (χ1v) is 29.3. The first-order chi connectivity index (χ1) is 40.7. The number of morpholine rings is 1. The number of likely N-dealkylation sites (N-methyl/N-ethyl adjacent to an activating group) is 1. The number of phenolic OH excluding ortho intramolecular Hbond substituents is 2. The highest BCUT2D eigenvalue weighted by Crippen LogP contribution is 2.53. The molecule has 0 spiro atoms. The van der Waals surface area contributed by atoms with Crippen LogP contribution in [0.4, 0.5) is 4.79 Å². The van der Waals surface area contributed by atoms with Crippen LogP contribution in [0.1, 0.15) is 102 Å². The summed E-state index contributed by atoms with van der Waals surface area (Å²) in [6.45, 7) is 8.35. The summed E-state index contributed by atoms with van der Waals surface area (Å²) >= 11 is 0. The Hall–Kier alpha value is -7.36. The number of carbonyl (C=O) groups excluding carboxylic acids is 9. The first-order valence-electron chi connectivity index (χ1n) is 27.8. The maximum Gasteiger partial charge on any atom is 0.422 e. The molecule has 31 heteroatoms. The summed E-state index contributed by atoms with van der Waals surface area (Å²) in [5, 5.41) is 46.5. The van der Waals surface area contributed by atoms with Gasteiger partial charge in [-0.2, -0.15) is 12.7 Å². The Morgan fingerprint density at radius 1 is 0.895 bits per heavy atom. The van der Waals surface area contributed by atoms with E-state index in [-0.39, 0.29) is 86.1 Å². The molecular formula is C55H72N8O22S. The number of benzene rings is 2. The van der Waals surface area contributed by atoms with Crippen LogP contribution in [0.15, 0.2) is 30.9 Å². The number of rotatable bonds is 21. The number of methoxy groups -OCH3 is 2. The number of nitrogens with zero attached hydrogens (tertiary/aromatic N) is 3. The zero-order valence-corrected chi connectivity index (χ0v) is 49.2. The van der Waals surface area contributed by atoms with E-state index in [0.29, 0.717) is 13.2 Å². The molecule has 2 aromatic carbocycles. The van der Waals surface area contributed by atoms with Crippen molar-refractivity contribution < 1.29 is 105 Å². The number of amides is 6. The molecular weight excluding hydrogens is 1160 g/mol. The lowest BCUT2D eigenvalue weighted by atomic mass is 9.72. The molecule has 0 aromatic heterocycles.